The third-order valence-electron chi connectivity index (χ3n) is 2.58. The Morgan fingerprint density at radius 3 is 2.83 bits per heavy atom. The van der Waals surface area contributed by atoms with Crippen molar-refractivity contribution >= 4 is 9.84 Å². The van der Waals surface area contributed by atoms with Crippen LogP contribution in [0.4, 0.5) is 0 Å². The van der Waals surface area contributed by atoms with Crippen LogP contribution in [0.2, 0.25) is 0 Å². The highest BCUT2D eigenvalue weighted by Gasteiger charge is 2.16. The zero-order valence-electron chi connectivity index (χ0n) is 10.6. The second-order valence-electron chi connectivity index (χ2n) is 4.09. The number of methoxy groups -OCH3 is 1. The van der Waals surface area contributed by atoms with E-state index in [0.29, 0.717) is 18.7 Å². The van der Waals surface area contributed by atoms with Gasteiger partial charge in [-0.3, -0.25) is 11.3 Å². The van der Waals surface area contributed by atoms with Crippen LogP contribution in [-0.2, 0) is 9.84 Å². The number of pyridine rings is 1. The Bertz CT molecular complexity index is 476. The van der Waals surface area contributed by atoms with Crippen LogP contribution in [0.3, 0.4) is 0 Å². The van der Waals surface area contributed by atoms with Crippen molar-refractivity contribution in [2.75, 3.05) is 19.1 Å². The van der Waals surface area contributed by atoms with Crippen LogP contribution >= 0.6 is 0 Å². The van der Waals surface area contributed by atoms with E-state index in [2.05, 4.69) is 10.4 Å². The molecule has 1 aromatic heterocycles. The summed E-state index contributed by atoms with van der Waals surface area (Å²) in [6.07, 6.45) is 3.99. The Morgan fingerprint density at radius 1 is 1.56 bits per heavy atom. The second-order valence-corrected chi connectivity index (χ2v) is 6.35. The summed E-state index contributed by atoms with van der Waals surface area (Å²) >= 11 is 0. The maximum Gasteiger partial charge on any atom is 0.217 e. The van der Waals surface area contributed by atoms with Gasteiger partial charge < -0.3 is 4.74 Å². The lowest BCUT2D eigenvalue weighted by atomic mass is 10.0. The lowest BCUT2D eigenvalue weighted by Crippen LogP contribution is -2.29. The molecular formula is C11H19N3O3S. The molecule has 0 bridgehead atoms. The fraction of sp³-hybridized carbons (Fsp3) is 0.545. The molecule has 6 nitrogen and oxygen atoms in total. The second kappa shape index (κ2) is 6.67. The number of aromatic nitrogens is 1. The standard InChI is InChI=1S/C11H19N3O3S/c1-17-11-9(5-3-7-13-11)10(14-12)6-4-8-18(2,15)16/h3,5,7,10,14H,4,6,8,12H2,1-2H3. The van der Waals surface area contributed by atoms with Crippen LogP contribution in [0.25, 0.3) is 0 Å². The first-order chi connectivity index (χ1) is 8.48. The summed E-state index contributed by atoms with van der Waals surface area (Å²) in [4.78, 5) is 4.09. The van der Waals surface area contributed by atoms with E-state index < -0.39 is 9.84 Å². The predicted molar refractivity (Wildman–Crippen MR) is 69.8 cm³/mol. The molecule has 0 amide bonds. The molecule has 1 unspecified atom stereocenters. The van der Waals surface area contributed by atoms with E-state index in [1.165, 1.54) is 13.4 Å². The average molecular weight is 273 g/mol. The summed E-state index contributed by atoms with van der Waals surface area (Å²) in [5.74, 6) is 6.14. The number of hydrazine groups is 1. The van der Waals surface area contributed by atoms with Gasteiger partial charge in [0.1, 0.15) is 9.84 Å². The highest BCUT2D eigenvalue weighted by Crippen LogP contribution is 2.25. The third-order valence-corrected chi connectivity index (χ3v) is 3.61. The molecule has 0 saturated carbocycles. The summed E-state index contributed by atoms with van der Waals surface area (Å²) in [6.45, 7) is 0. The number of hydrogen-bond donors (Lipinski definition) is 2. The normalized spacial score (nSPS) is 13.3. The van der Waals surface area contributed by atoms with E-state index in [1.54, 1.807) is 12.3 Å². The quantitative estimate of drug-likeness (QED) is 0.552. The third kappa shape index (κ3) is 4.59. The average Bonchev–Trinajstić information content (AvgIpc) is 2.33. The van der Waals surface area contributed by atoms with Crippen LogP contribution in [0.15, 0.2) is 18.3 Å². The van der Waals surface area contributed by atoms with Crippen molar-refractivity contribution in [2.24, 2.45) is 5.84 Å². The molecular weight excluding hydrogens is 254 g/mol. The van der Waals surface area contributed by atoms with Gasteiger partial charge in [-0.25, -0.2) is 13.4 Å². The van der Waals surface area contributed by atoms with Crippen molar-refractivity contribution < 1.29 is 13.2 Å². The largest absolute Gasteiger partial charge is 0.481 e. The first-order valence-corrected chi connectivity index (χ1v) is 7.66. The Morgan fingerprint density at radius 2 is 2.28 bits per heavy atom. The maximum absolute atomic E-state index is 11.1. The highest BCUT2D eigenvalue weighted by molar-refractivity contribution is 7.90. The number of sulfone groups is 1. The number of nitrogens with zero attached hydrogens (tertiary/aromatic N) is 1. The van der Waals surface area contributed by atoms with Gasteiger partial charge in [0.05, 0.1) is 13.2 Å². The topological polar surface area (TPSA) is 94.3 Å². The Hall–Kier alpha value is -1.18. The van der Waals surface area contributed by atoms with Gasteiger partial charge in [0.2, 0.25) is 5.88 Å². The van der Waals surface area contributed by atoms with Crippen molar-refractivity contribution in [2.45, 2.75) is 18.9 Å². The molecule has 0 spiro atoms. The molecule has 7 heteroatoms. The minimum Gasteiger partial charge on any atom is -0.481 e. The smallest absolute Gasteiger partial charge is 0.217 e. The number of nitrogens with two attached hydrogens (primary N) is 1. The van der Waals surface area contributed by atoms with Gasteiger partial charge in [0.25, 0.3) is 0 Å². The summed E-state index contributed by atoms with van der Waals surface area (Å²) < 4.78 is 27.3. The molecule has 0 aliphatic heterocycles. The van der Waals surface area contributed by atoms with E-state index in [4.69, 9.17) is 10.6 Å². The molecule has 1 atom stereocenters. The molecule has 0 saturated heterocycles. The minimum absolute atomic E-state index is 0.147. The van der Waals surface area contributed by atoms with E-state index in [0.717, 1.165) is 5.56 Å². The molecule has 1 aromatic rings. The molecule has 0 aliphatic carbocycles. The number of rotatable bonds is 7. The van der Waals surface area contributed by atoms with Gasteiger partial charge in [-0.15, -0.1) is 0 Å². The van der Waals surface area contributed by atoms with Crippen LogP contribution in [0.1, 0.15) is 24.4 Å². The summed E-state index contributed by atoms with van der Waals surface area (Å²) in [5.41, 5.74) is 3.49. The van der Waals surface area contributed by atoms with Crippen molar-refractivity contribution in [1.29, 1.82) is 0 Å². The predicted octanol–water partition coefficient (Wildman–Crippen LogP) is 0.419. The zero-order valence-corrected chi connectivity index (χ0v) is 11.4. The monoisotopic (exact) mass is 273 g/mol. The lowest BCUT2D eigenvalue weighted by molar-refractivity contribution is 0.379. The van der Waals surface area contributed by atoms with E-state index in [1.807, 2.05) is 6.07 Å². The van der Waals surface area contributed by atoms with E-state index in [-0.39, 0.29) is 11.8 Å². The maximum atomic E-state index is 11.1. The highest BCUT2D eigenvalue weighted by atomic mass is 32.2. The fourth-order valence-corrected chi connectivity index (χ4v) is 2.41. The van der Waals surface area contributed by atoms with Crippen LogP contribution in [0, 0.1) is 0 Å². The molecule has 1 rings (SSSR count). The van der Waals surface area contributed by atoms with Gasteiger partial charge in [0.15, 0.2) is 0 Å². The van der Waals surface area contributed by atoms with Gasteiger partial charge in [-0.1, -0.05) is 6.07 Å². The first kappa shape index (κ1) is 14.9. The minimum atomic E-state index is -2.94. The molecule has 0 aliphatic rings. The van der Waals surface area contributed by atoms with Crippen LogP contribution in [0.5, 0.6) is 5.88 Å². The van der Waals surface area contributed by atoms with Crippen LogP contribution < -0.4 is 16.0 Å². The first-order valence-electron chi connectivity index (χ1n) is 5.60. The van der Waals surface area contributed by atoms with Gasteiger partial charge in [-0.05, 0) is 18.9 Å². The van der Waals surface area contributed by atoms with Crippen molar-refractivity contribution in [1.82, 2.24) is 10.4 Å². The molecule has 0 aromatic carbocycles. The Kier molecular flexibility index (Phi) is 5.52. The molecule has 3 N–H and O–H groups in total. The lowest BCUT2D eigenvalue weighted by Gasteiger charge is -2.17. The van der Waals surface area contributed by atoms with Gasteiger partial charge >= 0.3 is 0 Å². The molecule has 0 radical (unpaired) electrons. The number of ether oxygens (including phenoxy) is 1. The summed E-state index contributed by atoms with van der Waals surface area (Å²) in [6, 6.07) is 3.48. The van der Waals surface area contributed by atoms with Crippen molar-refractivity contribution in [3.05, 3.63) is 23.9 Å². The molecule has 1 heterocycles. The zero-order chi connectivity index (χ0) is 13.6. The molecule has 18 heavy (non-hydrogen) atoms. The summed E-state index contributed by atoms with van der Waals surface area (Å²) in [5, 5.41) is 0. The Labute approximate surface area is 107 Å². The number of hydrogen-bond acceptors (Lipinski definition) is 6. The van der Waals surface area contributed by atoms with Crippen molar-refractivity contribution in [3.8, 4) is 5.88 Å². The van der Waals surface area contributed by atoms with Gasteiger partial charge in [0, 0.05) is 23.8 Å². The van der Waals surface area contributed by atoms with Crippen molar-refractivity contribution in [3.63, 3.8) is 0 Å². The van der Waals surface area contributed by atoms with E-state index in [9.17, 15) is 8.42 Å². The van der Waals surface area contributed by atoms with Gasteiger partial charge in [-0.2, -0.15) is 0 Å². The van der Waals surface area contributed by atoms with Crippen LogP contribution in [-0.4, -0.2) is 32.5 Å². The molecule has 0 fully saturated rings. The fourth-order valence-electron chi connectivity index (χ4n) is 1.72. The number of nitrogens with one attached hydrogen (secondary N) is 1. The molecule has 102 valence electrons. The van der Waals surface area contributed by atoms with E-state index >= 15 is 0 Å². The summed E-state index contributed by atoms with van der Waals surface area (Å²) in [7, 11) is -1.40. The Balaban J connectivity index is 2.71. The SMILES string of the molecule is COc1ncccc1C(CCCS(C)(=O)=O)NN.